The molecule has 0 saturated carbocycles. The maximum Gasteiger partial charge on any atom is 0.0708 e. The first kappa shape index (κ1) is 34.4. The molecule has 5 aromatic carbocycles. The van der Waals surface area contributed by atoms with Gasteiger partial charge in [0.05, 0.1) is 22.4 Å². The summed E-state index contributed by atoms with van der Waals surface area (Å²) in [4.78, 5) is 15.0. The first-order chi connectivity index (χ1) is 28.2. The van der Waals surface area contributed by atoms with E-state index in [2.05, 4.69) is 156 Å². The Morgan fingerprint density at radius 3 is 1.68 bits per heavy atom. The third-order valence-electron chi connectivity index (χ3n) is 10.6. The van der Waals surface area contributed by atoms with E-state index in [-0.39, 0.29) is 0 Å². The Balaban J connectivity index is 1.18. The summed E-state index contributed by atoms with van der Waals surface area (Å²) in [6.45, 7) is 4.67. The number of benzene rings is 5. The highest BCUT2D eigenvalue weighted by Gasteiger charge is 2.19. The lowest BCUT2D eigenvalue weighted by Gasteiger charge is -2.14. The van der Waals surface area contributed by atoms with E-state index < -0.39 is 0 Å². The molecule has 9 aromatic rings. The largest absolute Gasteiger partial charge is 0.309 e. The minimum absolute atomic E-state index is 0.837. The van der Waals surface area contributed by atoms with Gasteiger partial charge in [-0.1, -0.05) is 97.6 Å². The molecule has 5 heteroatoms. The van der Waals surface area contributed by atoms with E-state index in [0.717, 1.165) is 89.5 Å². The van der Waals surface area contributed by atoms with Crippen LogP contribution in [0.25, 0.3) is 89.0 Å². The van der Waals surface area contributed by atoms with Crippen LogP contribution in [-0.4, -0.2) is 25.3 Å². The maximum atomic E-state index is 4.72. The average Bonchev–Trinajstić information content (AvgIpc) is 3.64. The summed E-state index contributed by atoms with van der Waals surface area (Å²) >= 11 is 1.83. The number of nitrogens with zero attached hydrogens (tertiary/aromatic N) is 4. The summed E-state index contributed by atoms with van der Waals surface area (Å²) in [5.41, 5.74) is 16.3. The minimum atomic E-state index is 0.837. The van der Waals surface area contributed by atoms with Gasteiger partial charge in [0.15, 0.2) is 0 Å². The average molecular weight is 749 g/mol. The maximum absolute atomic E-state index is 4.72. The molecule has 10 rings (SSSR count). The zero-order chi connectivity index (χ0) is 38.1. The van der Waals surface area contributed by atoms with Gasteiger partial charge in [0.2, 0.25) is 0 Å². The summed E-state index contributed by atoms with van der Waals surface area (Å²) in [5.74, 6) is 0.837. The zero-order valence-electron chi connectivity index (χ0n) is 31.1. The molecule has 0 unspecified atom stereocenters. The van der Waals surface area contributed by atoms with Gasteiger partial charge in [-0.15, -0.1) is 11.8 Å². The molecule has 1 aliphatic heterocycles. The molecular formula is C52H36N4S. The van der Waals surface area contributed by atoms with Crippen LogP contribution >= 0.6 is 11.8 Å². The monoisotopic (exact) mass is 748 g/mol. The molecule has 57 heavy (non-hydrogen) atoms. The standard InChI is InChI=1S/C52H36N4S/c1-35-30-40(13-11-29-57-52-25-22-36(31-45(35)52)39-12-10-26-53-34-39)56-50-23-20-37(41-14-2-4-16-43(41)48-18-6-8-27-54-48)32-46(50)47-33-38(21-24-51(47)56)42-15-3-5-17-44(42)49-19-7-9-28-55-49/h2-28,30-34H,1,29H2/b13-11-,40-30+. The second kappa shape index (κ2) is 14.9. The lowest BCUT2D eigenvalue weighted by atomic mass is 9.94. The van der Waals surface area contributed by atoms with Crippen molar-refractivity contribution in [3.63, 3.8) is 0 Å². The first-order valence-corrected chi connectivity index (χ1v) is 20.0. The summed E-state index contributed by atoms with van der Waals surface area (Å²) in [6, 6.07) is 53.7. The van der Waals surface area contributed by atoms with E-state index in [1.807, 2.05) is 66.9 Å². The molecule has 4 aromatic heterocycles. The summed E-state index contributed by atoms with van der Waals surface area (Å²) in [6.07, 6.45) is 14.2. The fourth-order valence-corrected chi connectivity index (χ4v) is 8.85. The van der Waals surface area contributed by atoms with Crippen molar-refractivity contribution < 1.29 is 0 Å². The van der Waals surface area contributed by atoms with E-state index in [4.69, 9.17) is 9.97 Å². The predicted octanol–water partition coefficient (Wildman–Crippen LogP) is 13.5. The second-order valence-corrected chi connectivity index (χ2v) is 15.1. The highest BCUT2D eigenvalue weighted by Crippen LogP contribution is 2.42. The molecule has 0 fully saturated rings. The van der Waals surface area contributed by atoms with Crippen molar-refractivity contribution in [2.24, 2.45) is 0 Å². The molecule has 1 aliphatic rings. The number of pyridine rings is 3. The van der Waals surface area contributed by atoms with Crippen LogP contribution in [0, 0.1) is 0 Å². The molecule has 0 N–H and O–H groups in total. The Bertz CT molecular complexity index is 2880. The van der Waals surface area contributed by atoms with Crippen LogP contribution in [0.15, 0.2) is 206 Å². The molecule has 0 bridgehead atoms. The van der Waals surface area contributed by atoms with Gasteiger partial charge in [0, 0.05) is 68.6 Å². The van der Waals surface area contributed by atoms with E-state index in [9.17, 15) is 0 Å². The van der Waals surface area contributed by atoms with Crippen LogP contribution in [-0.2, 0) is 0 Å². The molecular weight excluding hydrogens is 713 g/mol. The number of fused-ring (bicyclic) bond motifs is 4. The first-order valence-electron chi connectivity index (χ1n) is 19.0. The van der Waals surface area contributed by atoms with Crippen molar-refractivity contribution in [3.05, 3.63) is 207 Å². The Morgan fingerprint density at radius 2 is 1.11 bits per heavy atom. The van der Waals surface area contributed by atoms with Gasteiger partial charge in [-0.05, 0) is 118 Å². The fourth-order valence-electron chi connectivity index (χ4n) is 7.97. The molecule has 0 spiro atoms. The predicted molar refractivity (Wildman–Crippen MR) is 240 cm³/mol. The number of hydrogen-bond acceptors (Lipinski definition) is 4. The van der Waals surface area contributed by atoms with Gasteiger partial charge in [-0.25, -0.2) is 0 Å². The fraction of sp³-hybridized carbons (Fsp3) is 0.0192. The number of thioether (sulfide) groups is 1. The minimum Gasteiger partial charge on any atom is -0.309 e. The van der Waals surface area contributed by atoms with E-state index in [1.165, 1.54) is 15.7 Å². The third-order valence-corrected chi connectivity index (χ3v) is 11.7. The van der Waals surface area contributed by atoms with E-state index in [1.54, 1.807) is 0 Å². The number of rotatable bonds is 6. The molecule has 0 aliphatic carbocycles. The summed E-state index contributed by atoms with van der Waals surface area (Å²) in [7, 11) is 0. The second-order valence-electron chi connectivity index (χ2n) is 14.1. The highest BCUT2D eigenvalue weighted by molar-refractivity contribution is 7.99. The smallest absolute Gasteiger partial charge is 0.0708 e. The lowest BCUT2D eigenvalue weighted by molar-refractivity contribution is 1.24. The number of allylic oxidation sites excluding steroid dienone is 4. The van der Waals surface area contributed by atoms with Crippen LogP contribution in [0.4, 0.5) is 0 Å². The molecule has 5 heterocycles. The van der Waals surface area contributed by atoms with E-state index in [0.29, 0.717) is 0 Å². The summed E-state index contributed by atoms with van der Waals surface area (Å²) in [5, 5.41) is 2.34. The van der Waals surface area contributed by atoms with Crippen LogP contribution < -0.4 is 0 Å². The normalized spacial score (nSPS) is 14.3. The van der Waals surface area contributed by atoms with Crippen molar-refractivity contribution >= 4 is 44.8 Å². The Kier molecular flexibility index (Phi) is 8.98. The highest BCUT2D eigenvalue weighted by atomic mass is 32.2. The van der Waals surface area contributed by atoms with Crippen molar-refractivity contribution in [2.45, 2.75) is 4.90 Å². The van der Waals surface area contributed by atoms with Crippen LogP contribution in [0.5, 0.6) is 0 Å². The van der Waals surface area contributed by atoms with Gasteiger partial charge >= 0.3 is 0 Å². The molecule has 0 saturated heterocycles. The van der Waals surface area contributed by atoms with Crippen LogP contribution in [0.1, 0.15) is 5.56 Å². The molecule has 4 nitrogen and oxygen atoms in total. The number of aromatic nitrogens is 4. The third kappa shape index (κ3) is 6.48. The topological polar surface area (TPSA) is 43.6 Å². The molecule has 0 atom stereocenters. The van der Waals surface area contributed by atoms with Gasteiger partial charge in [0.25, 0.3) is 0 Å². The molecule has 270 valence electrons. The van der Waals surface area contributed by atoms with Gasteiger partial charge in [-0.2, -0.15) is 0 Å². The van der Waals surface area contributed by atoms with Gasteiger partial charge in [0.1, 0.15) is 0 Å². The Labute approximate surface area is 336 Å². The number of hydrogen-bond donors (Lipinski definition) is 0. The Hall–Kier alpha value is -7.08. The van der Waals surface area contributed by atoms with Crippen LogP contribution in [0.3, 0.4) is 0 Å². The van der Waals surface area contributed by atoms with Crippen LogP contribution in [0.2, 0.25) is 0 Å². The van der Waals surface area contributed by atoms with Crippen molar-refractivity contribution in [1.82, 2.24) is 19.5 Å². The lowest BCUT2D eigenvalue weighted by Crippen LogP contribution is -1.96. The van der Waals surface area contributed by atoms with E-state index >= 15 is 0 Å². The molecule has 0 radical (unpaired) electrons. The quantitative estimate of drug-likeness (QED) is 0.170. The zero-order valence-corrected chi connectivity index (χ0v) is 31.9. The van der Waals surface area contributed by atoms with Gasteiger partial charge < -0.3 is 4.57 Å². The van der Waals surface area contributed by atoms with Crippen molar-refractivity contribution in [1.29, 1.82) is 0 Å². The summed E-state index contributed by atoms with van der Waals surface area (Å²) < 4.78 is 2.40. The van der Waals surface area contributed by atoms with Crippen molar-refractivity contribution in [3.8, 4) is 55.9 Å². The van der Waals surface area contributed by atoms with Gasteiger partial charge in [-0.3, -0.25) is 15.0 Å². The Morgan fingerprint density at radius 1 is 0.509 bits per heavy atom. The van der Waals surface area contributed by atoms with Crippen molar-refractivity contribution in [2.75, 3.05) is 5.75 Å². The SMILES string of the molecule is C=C1/C=C(n2c3ccc(-c4ccccc4-c4ccccn4)cc3c3cc(-c4ccccc4-c4ccccn4)ccc32)\C=C/CSc2ccc(-c3cccnc3)cc21. The molecule has 0 amide bonds.